The van der Waals surface area contributed by atoms with Crippen molar-refractivity contribution in [3.63, 3.8) is 0 Å². The number of carbonyl (C=O) groups excluding carboxylic acids is 1. The van der Waals surface area contributed by atoms with E-state index in [1.54, 1.807) is 0 Å². The molecule has 0 saturated carbocycles. The quantitative estimate of drug-likeness (QED) is 0.782. The van der Waals surface area contributed by atoms with Crippen molar-refractivity contribution in [2.75, 3.05) is 20.4 Å². The van der Waals surface area contributed by atoms with Crippen LogP contribution < -0.4 is 5.56 Å². The molecule has 8 heteroatoms. The van der Waals surface area contributed by atoms with Crippen LogP contribution in [0.1, 0.15) is 5.76 Å². The van der Waals surface area contributed by atoms with Crippen molar-refractivity contribution in [3.8, 4) is 0 Å². The fourth-order valence-electron chi connectivity index (χ4n) is 0.982. The van der Waals surface area contributed by atoms with Crippen molar-refractivity contribution in [1.29, 1.82) is 0 Å². The summed E-state index contributed by atoms with van der Waals surface area (Å²) in [7, 11) is 1.75. The normalized spacial score (nSPS) is 12.5. The Morgan fingerprint density at radius 2 is 2.12 bits per heavy atom. The summed E-state index contributed by atoms with van der Waals surface area (Å²) < 4.78 is 16.5. The predicted octanol–water partition coefficient (Wildman–Crippen LogP) is 0.503. The molecule has 0 aliphatic rings. The summed E-state index contributed by atoms with van der Waals surface area (Å²) in [6.45, 7) is 0. The highest BCUT2D eigenvalue weighted by molar-refractivity contribution is 7.83. The summed E-state index contributed by atoms with van der Waals surface area (Å²) in [5.74, 6) is 0.0598. The lowest BCUT2D eigenvalue weighted by Gasteiger charge is -2.07. The zero-order chi connectivity index (χ0) is 12.5. The Kier molecular flexibility index (Phi) is 3.93. The maximum absolute atomic E-state index is 11.5. The zero-order valence-corrected chi connectivity index (χ0v) is 10.6. The third kappa shape index (κ3) is 2.53. The van der Waals surface area contributed by atoms with Gasteiger partial charge in [-0.1, -0.05) is 16.3 Å². The Labute approximate surface area is 99.2 Å². The van der Waals surface area contributed by atoms with Crippen LogP contribution in [0.2, 0.25) is 5.02 Å². The second-order valence-corrected chi connectivity index (χ2v) is 5.14. The molecule has 0 aliphatic carbocycles. The summed E-state index contributed by atoms with van der Waals surface area (Å²) in [4.78, 5) is 24.2. The molecule has 1 aromatic heterocycles. The number of hydrogen-bond donors (Lipinski definition) is 0. The molecule has 1 atom stereocenters. The molecule has 0 saturated heterocycles. The molecule has 0 spiro atoms. The highest BCUT2D eigenvalue weighted by Crippen LogP contribution is 2.13. The van der Waals surface area contributed by atoms with Crippen LogP contribution in [0, 0.1) is 0 Å². The first-order valence-electron chi connectivity index (χ1n) is 4.27. The molecule has 0 bridgehead atoms. The van der Waals surface area contributed by atoms with Crippen molar-refractivity contribution < 1.29 is 13.5 Å². The lowest BCUT2D eigenvalue weighted by molar-refractivity contribution is 0.182. The van der Waals surface area contributed by atoms with Crippen LogP contribution in [-0.4, -0.2) is 40.2 Å². The number of carbonyl (C=O) groups is 1. The smallest absolute Gasteiger partial charge is 0.360 e. The van der Waals surface area contributed by atoms with Gasteiger partial charge in [-0.15, -0.1) is 0 Å². The van der Waals surface area contributed by atoms with Gasteiger partial charge in [-0.2, -0.15) is 0 Å². The summed E-state index contributed by atoms with van der Waals surface area (Å²) in [5, 5.41) is -0.203. The first-order chi connectivity index (χ1) is 7.34. The van der Waals surface area contributed by atoms with E-state index in [0.717, 1.165) is 0 Å². The Morgan fingerprint density at radius 1 is 1.56 bits per heavy atom. The molecular formula is C8H11ClN2O4S. The molecule has 6 nitrogen and oxygen atoms in total. The zero-order valence-electron chi connectivity index (χ0n) is 9.02. The second kappa shape index (κ2) is 4.84. The molecule has 16 heavy (non-hydrogen) atoms. The summed E-state index contributed by atoms with van der Waals surface area (Å²) in [6.07, 6.45) is 1.45. The highest BCUT2D eigenvalue weighted by atomic mass is 35.5. The third-order valence-corrected chi connectivity index (χ3v) is 2.75. The Morgan fingerprint density at radius 3 is 2.56 bits per heavy atom. The minimum atomic E-state index is -1.20. The SMILES string of the molecule is CN(C)C(=O)n1oc(CS(C)=O)c(Cl)c1=O. The largest absolute Gasteiger partial charge is 0.369 e. The first kappa shape index (κ1) is 13.0. The molecular weight excluding hydrogens is 256 g/mol. The van der Waals surface area contributed by atoms with Gasteiger partial charge in [-0.3, -0.25) is 9.00 Å². The number of amides is 1. The Balaban J connectivity index is 3.20. The van der Waals surface area contributed by atoms with Crippen LogP contribution in [0.25, 0.3) is 0 Å². The van der Waals surface area contributed by atoms with Crippen LogP contribution in [-0.2, 0) is 16.6 Å². The molecule has 1 heterocycles. The van der Waals surface area contributed by atoms with Gasteiger partial charge < -0.3 is 9.42 Å². The van der Waals surface area contributed by atoms with Gasteiger partial charge >= 0.3 is 11.6 Å². The summed E-state index contributed by atoms with van der Waals surface area (Å²) >= 11 is 5.67. The topological polar surface area (TPSA) is 72.5 Å². The van der Waals surface area contributed by atoms with E-state index in [-0.39, 0.29) is 16.5 Å². The van der Waals surface area contributed by atoms with Crippen LogP contribution >= 0.6 is 11.6 Å². The van der Waals surface area contributed by atoms with Gasteiger partial charge in [-0.05, 0) is 0 Å². The molecule has 0 fully saturated rings. The Bertz CT molecular complexity index is 491. The van der Waals surface area contributed by atoms with E-state index < -0.39 is 22.4 Å². The maximum Gasteiger partial charge on any atom is 0.360 e. The average molecular weight is 267 g/mol. The van der Waals surface area contributed by atoms with Crippen LogP contribution in [0.3, 0.4) is 0 Å². The highest BCUT2D eigenvalue weighted by Gasteiger charge is 2.21. The molecule has 0 aliphatic heterocycles. The summed E-state index contributed by atoms with van der Waals surface area (Å²) in [6, 6.07) is -0.639. The number of nitrogens with zero attached hydrogens (tertiary/aromatic N) is 2. The van der Waals surface area contributed by atoms with Crippen molar-refractivity contribution in [2.45, 2.75) is 5.75 Å². The molecule has 1 aromatic rings. The average Bonchev–Trinajstić information content (AvgIpc) is 2.44. The molecule has 1 unspecified atom stereocenters. The molecule has 0 N–H and O–H groups in total. The van der Waals surface area contributed by atoms with Gasteiger partial charge in [0.15, 0.2) is 10.8 Å². The molecule has 90 valence electrons. The minimum Gasteiger partial charge on any atom is -0.369 e. The van der Waals surface area contributed by atoms with E-state index in [2.05, 4.69) is 0 Å². The van der Waals surface area contributed by atoms with Crippen molar-refractivity contribution in [2.24, 2.45) is 0 Å². The molecule has 1 amide bonds. The van der Waals surface area contributed by atoms with E-state index in [0.29, 0.717) is 4.74 Å². The predicted molar refractivity (Wildman–Crippen MR) is 60.2 cm³/mol. The summed E-state index contributed by atoms with van der Waals surface area (Å²) in [5.41, 5.74) is -0.735. The van der Waals surface area contributed by atoms with Crippen molar-refractivity contribution in [3.05, 3.63) is 21.1 Å². The van der Waals surface area contributed by atoms with Gasteiger partial charge in [0.25, 0.3) is 0 Å². The monoisotopic (exact) mass is 266 g/mol. The number of hydrogen-bond acceptors (Lipinski definition) is 4. The number of halogens is 1. The fourth-order valence-corrected chi connectivity index (χ4v) is 1.81. The van der Waals surface area contributed by atoms with E-state index in [9.17, 15) is 13.8 Å². The minimum absolute atomic E-state index is 0.00177. The van der Waals surface area contributed by atoms with Gasteiger partial charge in [0.1, 0.15) is 0 Å². The molecule has 0 radical (unpaired) electrons. The lowest BCUT2D eigenvalue weighted by atomic mass is 10.5. The van der Waals surface area contributed by atoms with Crippen molar-refractivity contribution >= 4 is 28.4 Å². The lowest BCUT2D eigenvalue weighted by Crippen LogP contribution is -2.33. The van der Waals surface area contributed by atoms with Gasteiger partial charge in [-0.25, -0.2) is 4.79 Å². The van der Waals surface area contributed by atoms with Crippen LogP contribution in [0.15, 0.2) is 9.32 Å². The van der Waals surface area contributed by atoms with Gasteiger partial charge in [0, 0.05) is 31.2 Å². The van der Waals surface area contributed by atoms with E-state index >= 15 is 0 Å². The van der Waals surface area contributed by atoms with Gasteiger partial charge in [0.2, 0.25) is 0 Å². The van der Waals surface area contributed by atoms with E-state index in [1.807, 2.05) is 0 Å². The van der Waals surface area contributed by atoms with Crippen molar-refractivity contribution in [1.82, 2.24) is 9.64 Å². The second-order valence-electron chi connectivity index (χ2n) is 3.32. The number of rotatable bonds is 2. The number of aromatic nitrogens is 1. The molecule has 0 aromatic carbocycles. The third-order valence-electron chi connectivity index (χ3n) is 1.71. The maximum atomic E-state index is 11.5. The standard InChI is InChI=1S/C8H11ClN2O4S/c1-10(2)8(13)11-7(12)6(9)5(15-11)4-16(3)14/h4H2,1-3H3. The van der Waals surface area contributed by atoms with Crippen LogP contribution in [0.4, 0.5) is 4.79 Å². The Hall–Kier alpha value is -1.08. The first-order valence-corrected chi connectivity index (χ1v) is 6.37. The fraction of sp³-hybridized carbons (Fsp3) is 0.500. The van der Waals surface area contributed by atoms with E-state index in [1.165, 1.54) is 25.3 Å². The van der Waals surface area contributed by atoms with E-state index in [4.69, 9.17) is 16.1 Å². The van der Waals surface area contributed by atoms with Crippen LogP contribution in [0.5, 0.6) is 0 Å². The molecule has 1 rings (SSSR count). The van der Waals surface area contributed by atoms with Gasteiger partial charge in [0.05, 0.1) is 5.75 Å².